The van der Waals surface area contributed by atoms with Crippen LogP contribution in [0.3, 0.4) is 0 Å². The molecule has 2 aliphatic rings. The minimum absolute atomic E-state index is 0.0245. The van der Waals surface area contributed by atoms with E-state index in [1.54, 1.807) is 12.1 Å². The van der Waals surface area contributed by atoms with E-state index in [0.717, 1.165) is 55.1 Å². The Balaban J connectivity index is 1.03. The predicted molar refractivity (Wildman–Crippen MR) is 172 cm³/mol. The molecule has 0 saturated carbocycles. The van der Waals surface area contributed by atoms with Crippen LogP contribution < -0.4 is 20.2 Å². The molecule has 1 unspecified atom stereocenters. The second-order valence-electron chi connectivity index (χ2n) is 11.5. The minimum Gasteiger partial charge on any atom is -0.493 e. The van der Waals surface area contributed by atoms with Crippen LogP contribution in [0, 0.1) is 24.1 Å². The van der Waals surface area contributed by atoms with E-state index in [1.165, 1.54) is 29.4 Å². The largest absolute Gasteiger partial charge is 0.493 e. The number of hydrogen-bond donors (Lipinski definition) is 1. The predicted octanol–water partition coefficient (Wildman–Crippen LogP) is 4.31. The van der Waals surface area contributed by atoms with Crippen molar-refractivity contribution in [2.45, 2.75) is 12.0 Å². The van der Waals surface area contributed by atoms with Crippen LogP contribution in [0.5, 0.6) is 5.75 Å². The zero-order valence-electron chi connectivity index (χ0n) is 25.4. The van der Waals surface area contributed by atoms with Crippen LogP contribution in [-0.4, -0.2) is 79.1 Å². The van der Waals surface area contributed by atoms with E-state index in [-0.39, 0.29) is 23.7 Å². The fourth-order valence-electron chi connectivity index (χ4n) is 6.19. The van der Waals surface area contributed by atoms with Gasteiger partial charge in [0.1, 0.15) is 35.9 Å². The maximum Gasteiger partial charge on any atom is 0.412 e. The summed E-state index contributed by atoms with van der Waals surface area (Å²) in [5.74, 6) is -0.607. The van der Waals surface area contributed by atoms with E-state index in [4.69, 9.17) is 16.0 Å². The third-order valence-electron chi connectivity index (χ3n) is 8.45. The van der Waals surface area contributed by atoms with Crippen molar-refractivity contribution in [1.82, 2.24) is 19.8 Å². The number of anilines is 2. The van der Waals surface area contributed by atoms with Crippen molar-refractivity contribution in [2.75, 3.05) is 62.8 Å². The zero-order chi connectivity index (χ0) is 32.1. The first-order valence-electron chi connectivity index (χ1n) is 15.0. The molecule has 0 aliphatic carbocycles. The molecule has 46 heavy (non-hydrogen) atoms. The van der Waals surface area contributed by atoms with Gasteiger partial charge in [0, 0.05) is 62.1 Å². The molecule has 0 amide bonds. The molecule has 6 rings (SSSR count). The van der Waals surface area contributed by atoms with E-state index >= 15 is 0 Å². The molecule has 2 aliphatic heterocycles. The van der Waals surface area contributed by atoms with Gasteiger partial charge in [-0.2, -0.15) is 9.94 Å². The van der Waals surface area contributed by atoms with Crippen molar-refractivity contribution in [3.05, 3.63) is 106 Å². The van der Waals surface area contributed by atoms with Crippen molar-refractivity contribution in [2.24, 2.45) is 11.0 Å². The summed E-state index contributed by atoms with van der Waals surface area (Å²) in [6.07, 6.45) is 3.13. The smallest absolute Gasteiger partial charge is 0.412 e. The summed E-state index contributed by atoms with van der Waals surface area (Å²) in [4.78, 5) is 19.9. The molecular formula is C33H35F2N8O3+. The number of hydrogen-bond acceptors (Lipinski definition) is 8. The number of nitrogens with zero attached hydrogens (tertiary/aromatic N) is 7. The summed E-state index contributed by atoms with van der Waals surface area (Å²) >= 11 is 0. The van der Waals surface area contributed by atoms with Gasteiger partial charge in [0.15, 0.2) is 0 Å². The highest BCUT2D eigenvalue weighted by molar-refractivity contribution is 5.66. The number of ether oxygens (including phenoxy) is 2. The fraction of sp³-hybridized carbons (Fsp3) is 0.333. The summed E-state index contributed by atoms with van der Waals surface area (Å²) in [7, 11) is 1.71. The number of hydrazone groups is 1. The molecular weight excluding hydrogens is 594 g/mol. The number of aromatic nitrogens is 3. The van der Waals surface area contributed by atoms with Gasteiger partial charge in [-0.05, 0) is 61.0 Å². The van der Waals surface area contributed by atoms with E-state index in [9.17, 15) is 13.6 Å². The normalized spacial score (nSPS) is 19.8. The molecule has 11 nitrogen and oxygen atoms in total. The molecule has 4 aromatic rings. The lowest BCUT2D eigenvalue weighted by Crippen LogP contribution is -2.46. The maximum atomic E-state index is 14.9. The molecule has 2 saturated heterocycles. The first kappa shape index (κ1) is 30.8. The minimum atomic E-state index is -1.04. The lowest BCUT2D eigenvalue weighted by atomic mass is 9.86. The van der Waals surface area contributed by atoms with Gasteiger partial charge in [0.05, 0.1) is 30.5 Å². The molecule has 0 radical (unpaired) electrons. The molecule has 2 atom stereocenters. The number of nitrogens with one attached hydrogen (secondary N) is 1. The van der Waals surface area contributed by atoms with Gasteiger partial charge in [-0.25, -0.2) is 28.3 Å². The Morgan fingerprint density at radius 3 is 2.33 bits per heavy atom. The molecule has 1 aromatic heterocycles. The second-order valence-corrected chi connectivity index (χ2v) is 11.5. The van der Waals surface area contributed by atoms with Crippen molar-refractivity contribution in [3.8, 4) is 18.0 Å². The van der Waals surface area contributed by atoms with Crippen LogP contribution >= 0.6 is 0 Å². The third kappa shape index (κ3) is 6.72. The molecule has 3 aromatic carbocycles. The molecule has 238 valence electrons. The van der Waals surface area contributed by atoms with Crippen LogP contribution in [0.15, 0.2) is 83.0 Å². The number of halogens is 2. The zero-order valence-corrected chi connectivity index (χ0v) is 25.4. The standard InChI is InChI=1S/C33H34F2N8O3/c1-36-22-38-40(2)21-33(30-12-3-25(34)17-31(30)35)18-24(20-46-33)19-45-29-10-8-27(9-11-29)42-15-13-41(14-16-42)26-4-6-28(7-5-26)43-23-37-39-32(43)44/h1,3-12,17,22-24H,13-16,18-21H2,2H3/p+1/b38-22-/t24?,33-/m0/s1. The van der Waals surface area contributed by atoms with Crippen LogP contribution in [0.4, 0.5) is 20.2 Å². The van der Waals surface area contributed by atoms with Gasteiger partial charge in [-0.15, -0.1) is 0 Å². The SMILES string of the molecule is C#[N+]/C=N\N(C)C[C@]1(c2ccc(F)cc2F)CC(COc2ccc(N3CCN(c4ccc(-n5cn[nH]c5=O)cc4)CC3)cc2)CO1. The third-order valence-corrected chi connectivity index (χ3v) is 8.45. The number of benzene rings is 3. The topological polar surface area (TPSA) is 95.6 Å². The molecule has 0 bridgehead atoms. The van der Waals surface area contributed by atoms with Gasteiger partial charge < -0.3 is 19.3 Å². The highest BCUT2D eigenvalue weighted by Gasteiger charge is 2.45. The molecule has 2 fully saturated rings. The quantitative estimate of drug-likeness (QED) is 0.159. The summed E-state index contributed by atoms with van der Waals surface area (Å²) in [5, 5.41) is 11.9. The Hall–Kier alpha value is -5.22. The first-order chi connectivity index (χ1) is 22.3. The number of piperazine rings is 1. The first-order valence-corrected chi connectivity index (χ1v) is 15.0. The summed E-state index contributed by atoms with van der Waals surface area (Å²) in [5.41, 5.74) is 1.95. The molecule has 0 spiro atoms. The number of rotatable bonds is 10. The van der Waals surface area contributed by atoms with Gasteiger partial charge in [0.25, 0.3) is 0 Å². The Kier molecular flexibility index (Phi) is 8.98. The lowest BCUT2D eigenvalue weighted by molar-refractivity contribution is -0.0257. The van der Waals surface area contributed by atoms with E-state index < -0.39 is 17.2 Å². The van der Waals surface area contributed by atoms with Gasteiger partial charge >= 0.3 is 12.0 Å². The second kappa shape index (κ2) is 13.4. The Bertz CT molecular complexity index is 1760. The van der Waals surface area contributed by atoms with Crippen LogP contribution in [0.25, 0.3) is 10.5 Å². The molecule has 1 N–H and O–H groups in total. The van der Waals surface area contributed by atoms with Crippen molar-refractivity contribution in [3.63, 3.8) is 0 Å². The summed E-state index contributed by atoms with van der Waals surface area (Å²) < 4.78 is 42.5. The Morgan fingerprint density at radius 1 is 1.07 bits per heavy atom. The van der Waals surface area contributed by atoms with Gasteiger partial charge in [0.2, 0.25) is 0 Å². The number of aromatic amines is 1. The van der Waals surface area contributed by atoms with E-state index in [0.29, 0.717) is 19.6 Å². The van der Waals surface area contributed by atoms with Gasteiger partial charge in [-0.1, -0.05) is 6.07 Å². The molecule has 13 heteroatoms. The number of likely N-dealkylation sites (N-methyl/N-ethyl adjacent to an activating group) is 1. The summed E-state index contributed by atoms with van der Waals surface area (Å²) in [6.45, 7) is 9.57. The van der Waals surface area contributed by atoms with Crippen LogP contribution in [0.2, 0.25) is 0 Å². The summed E-state index contributed by atoms with van der Waals surface area (Å²) in [6, 6.07) is 19.5. The van der Waals surface area contributed by atoms with Crippen LogP contribution in [-0.2, 0) is 10.3 Å². The average Bonchev–Trinajstić information content (AvgIpc) is 3.69. The fourth-order valence-corrected chi connectivity index (χ4v) is 6.19. The van der Waals surface area contributed by atoms with Crippen LogP contribution in [0.1, 0.15) is 12.0 Å². The highest BCUT2D eigenvalue weighted by atomic mass is 19.1. The maximum absolute atomic E-state index is 14.9. The van der Waals surface area contributed by atoms with E-state index in [2.05, 4.69) is 42.1 Å². The van der Waals surface area contributed by atoms with Crippen molar-refractivity contribution < 1.29 is 18.3 Å². The van der Waals surface area contributed by atoms with Crippen molar-refractivity contribution in [1.29, 1.82) is 0 Å². The van der Waals surface area contributed by atoms with E-state index in [1.807, 2.05) is 36.4 Å². The molecule has 3 heterocycles. The average molecular weight is 630 g/mol. The monoisotopic (exact) mass is 629 g/mol. The Labute approximate surface area is 265 Å². The Morgan fingerprint density at radius 2 is 1.72 bits per heavy atom. The number of H-pyrrole nitrogens is 1. The van der Waals surface area contributed by atoms with Crippen molar-refractivity contribution >= 4 is 17.7 Å². The lowest BCUT2D eigenvalue weighted by Gasteiger charge is -2.37. The highest BCUT2D eigenvalue weighted by Crippen LogP contribution is 2.41. The van der Waals surface area contributed by atoms with Gasteiger partial charge in [-0.3, -0.25) is 0 Å².